The summed E-state index contributed by atoms with van der Waals surface area (Å²) in [6, 6.07) is 12.2. The predicted octanol–water partition coefficient (Wildman–Crippen LogP) is 5.45. The van der Waals surface area contributed by atoms with Gasteiger partial charge < -0.3 is 10.1 Å². The van der Waals surface area contributed by atoms with Gasteiger partial charge in [-0.05, 0) is 54.3 Å². The van der Waals surface area contributed by atoms with E-state index in [4.69, 9.17) is 4.74 Å². The zero-order valence-corrected chi connectivity index (χ0v) is 15.2. The van der Waals surface area contributed by atoms with Crippen LogP contribution in [-0.2, 0) is 4.79 Å². The second kappa shape index (κ2) is 8.85. The quantitative estimate of drug-likeness (QED) is 0.663. The minimum Gasteiger partial charge on any atom is -0.483 e. The molecule has 2 rings (SSSR count). The highest BCUT2D eigenvalue weighted by Gasteiger charge is 2.11. The minimum absolute atomic E-state index is 0.114. The number of carbonyl (C=O) groups is 1. The maximum absolute atomic E-state index is 12.3. The van der Waals surface area contributed by atoms with Gasteiger partial charge in [-0.3, -0.25) is 4.79 Å². The average Bonchev–Trinajstić information content (AvgIpc) is 2.54. The summed E-state index contributed by atoms with van der Waals surface area (Å²) in [5.74, 6) is -1.77. The Bertz CT molecular complexity index is 718. The third-order valence-electron chi connectivity index (χ3n) is 3.51. The van der Waals surface area contributed by atoms with Gasteiger partial charge in [0.25, 0.3) is 11.7 Å². The molecule has 134 valence electrons. The molecule has 0 radical (unpaired) electrons. The molecule has 0 fully saturated rings. The first-order chi connectivity index (χ1) is 11.8. The number of ether oxygens (including phenoxy) is 1. The number of carbonyl (C=O) groups excluding carboxylic acids is 1. The number of nitrogens with one attached hydrogen (secondary N) is 1. The summed E-state index contributed by atoms with van der Waals surface area (Å²) in [5, 5.41) is 2.70. The molecule has 6 heteroatoms. The molecule has 1 amide bonds. The van der Waals surface area contributed by atoms with Gasteiger partial charge in [-0.2, -0.15) is 8.78 Å². The number of amides is 1. The summed E-state index contributed by atoms with van der Waals surface area (Å²) in [6.45, 7) is 5.99. The molecule has 0 bridgehead atoms. The lowest BCUT2D eigenvalue weighted by Gasteiger charge is -2.15. The van der Waals surface area contributed by atoms with Gasteiger partial charge in [0, 0.05) is 10.6 Å². The van der Waals surface area contributed by atoms with Gasteiger partial charge in [0.05, 0.1) is 0 Å². The standard InChI is InChI=1S/C19H21F2NO2S/c1-12(2)16-9-4-13(3)10-17(16)24-11-18(23)22-14-5-7-15(8-6-14)25-19(20)21/h4-10,12,19H,11H2,1-3H3,(H,22,23). The Kier molecular flexibility index (Phi) is 6.82. The van der Waals surface area contributed by atoms with Crippen molar-refractivity contribution in [3.63, 3.8) is 0 Å². The van der Waals surface area contributed by atoms with E-state index >= 15 is 0 Å². The van der Waals surface area contributed by atoms with Crippen LogP contribution in [0.15, 0.2) is 47.4 Å². The topological polar surface area (TPSA) is 38.3 Å². The van der Waals surface area contributed by atoms with E-state index in [0.717, 1.165) is 11.1 Å². The van der Waals surface area contributed by atoms with Gasteiger partial charge in [0.1, 0.15) is 5.75 Å². The first-order valence-electron chi connectivity index (χ1n) is 7.93. The van der Waals surface area contributed by atoms with E-state index in [9.17, 15) is 13.6 Å². The SMILES string of the molecule is Cc1ccc(C(C)C)c(OCC(=O)Nc2ccc(SC(F)F)cc2)c1. The Morgan fingerprint density at radius 2 is 1.84 bits per heavy atom. The van der Waals surface area contributed by atoms with Crippen molar-refractivity contribution in [3.05, 3.63) is 53.6 Å². The molecule has 0 aliphatic carbocycles. The van der Waals surface area contributed by atoms with Crippen LogP contribution in [0.1, 0.15) is 30.9 Å². The maximum Gasteiger partial charge on any atom is 0.288 e. The van der Waals surface area contributed by atoms with E-state index in [0.29, 0.717) is 34.0 Å². The fourth-order valence-electron chi connectivity index (χ4n) is 2.30. The fourth-order valence-corrected chi connectivity index (χ4v) is 2.80. The van der Waals surface area contributed by atoms with Crippen molar-refractivity contribution >= 4 is 23.4 Å². The molecule has 0 aliphatic rings. The van der Waals surface area contributed by atoms with Gasteiger partial charge in [0.15, 0.2) is 6.61 Å². The number of rotatable bonds is 7. The van der Waals surface area contributed by atoms with Gasteiger partial charge in [-0.15, -0.1) is 0 Å². The number of aryl methyl sites for hydroxylation is 1. The fraction of sp³-hybridized carbons (Fsp3) is 0.316. The Labute approximate surface area is 150 Å². The Balaban J connectivity index is 1.94. The summed E-state index contributed by atoms with van der Waals surface area (Å²) < 4.78 is 30.2. The molecule has 2 aromatic rings. The predicted molar refractivity (Wildman–Crippen MR) is 97.7 cm³/mol. The smallest absolute Gasteiger partial charge is 0.288 e. The summed E-state index contributed by atoms with van der Waals surface area (Å²) in [7, 11) is 0. The Hall–Kier alpha value is -2.08. The van der Waals surface area contributed by atoms with E-state index < -0.39 is 5.76 Å². The van der Waals surface area contributed by atoms with Gasteiger partial charge >= 0.3 is 0 Å². The zero-order valence-electron chi connectivity index (χ0n) is 14.4. The number of alkyl halides is 2. The van der Waals surface area contributed by atoms with Gasteiger partial charge in [-0.25, -0.2) is 0 Å². The molecule has 0 saturated carbocycles. The third kappa shape index (κ3) is 6.05. The molecule has 0 aromatic heterocycles. The lowest BCUT2D eigenvalue weighted by atomic mass is 10.0. The van der Waals surface area contributed by atoms with Crippen molar-refractivity contribution in [3.8, 4) is 5.75 Å². The van der Waals surface area contributed by atoms with Crippen LogP contribution in [0.2, 0.25) is 0 Å². The molecular formula is C19H21F2NO2S. The number of benzene rings is 2. The number of halogens is 2. The maximum atomic E-state index is 12.3. The van der Waals surface area contributed by atoms with Crippen LogP contribution in [0, 0.1) is 6.92 Å². The third-order valence-corrected chi connectivity index (χ3v) is 4.24. The Morgan fingerprint density at radius 3 is 2.44 bits per heavy atom. The molecule has 0 heterocycles. The monoisotopic (exact) mass is 365 g/mol. The van der Waals surface area contributed by atoms with Crippen molar-refractivity contribution in [1.29, 1.82) is 0 Å². The van der Waals surface area contributed by atoms with E-state index in [-0.39, 0.29) is 12.5 Å². The van der Waals surface area contributed by atoms with Crippen molar-refractivity contribution in [2.75, 3.05) is 11.9 Å². The van der Waals surface area contributed by atoms with Crippen LogP contribution >= 0.6 is 11.8 Å². The molecular weight excluding hydrogens is 344 g/mol. The zero-order chi connectivity index (χ0) is 18.4. The van der Waals surface area contributed by atoms with E-state index in [1.165, 1.54) is 0 Å². The van der Waals surface area contributed by atoms with Crippen molar-refractivity contribution in [2.24, 2.45) is 0 Å². The number of anilines is 1. The minimum atomic E-state index is -2.46. The van der Waals surface area contributed by atoms with Crippen molar-refractivity contribution in [1.82, 2.24) is 0 Å². The Morgan fingerprint density at radius 1 is 1.16 bits per heavy atom. The van der Waals surface area contributed by atoms with Gasteiger partial charge in [-0.1, -0.05) is 37.7 Å². The molecule has 0 atom stereocenters. The average molecular weight is 365 g/mol. The van der Waals surface area contributed by atoms with E-state index in [1.807, 2.05) is 25.1 Å². The summed E-state index contributed by atoms with van der Waals surface area (Å²) >= 11 is 0.468. The molecule has 0 spiro atoms. The molecule has 1 N–H and O–H groups in total. The highest BCUT2D eigenvalue weighted by atomic mass is 32.2. The van der Waals surface area contributed by atoms with Gasteiger partial charge in [0.2, 0.25) is 0 Å². The molecule has 25 heavy (non-hydrogen) atoms. The number of hydrogen-bond donors (Lipinski definition) is 1. The molecule has 0 unspecified atom stereocenters. The second-order valence-corrected chi connectivity index (χ2v) is 7.00. The van der Waals surface area contributed by atoms with Crippen molar-refractivity contribution in [2.45, 2.75) is 37.3 Å². The van der Waals surface area contributed by atoms with Crippen LogP contribution in [-0.4, -0.2) is 18.3 Å². The summed E-state index contributed by atoms with van der Waals surface area (Å²) in [5.41, 5.74) is 2.65. The number of thioether (sulfide) groups is 1. The van der Waals surface area contributed by atoms with Crippen LogP contribution in [0.5, 0.6) is 5.75 Å². The molecule has 0 aliphatic heterocycles. The summed E-state index contributed by atoms with van der Waals surface area (Å²) in [6.07, 6.45) is 0. The lowest BCUT2D eigenvalue weighted by molar-refractivity contribution is -0.118. The van der Waals surface area contributed by atoms with E-state index in [2.05, 4.69) is 19.2 Å². The molecule has 3 nitrogen and oxygen atoms in total. The molecule has 0 saturated heterocycles. The highest BCUT2D eigenvalue weighted by Crippen LogP contribution is 2.28. The largest absolute Gasteiger partial charge is 0.483 e. The van der Waals surface area contributed by atoms with Crippen LogP contribution < -0.4 is 10.1 Å². The van der Waals surface area contributed by atoms with Crippen LogP contribution in [0.4, 0.5) is 14.5 Å². The first kappa shape index (κ1) is 19.2. The first-order valence-corrected chi connectivity index (χ1v) is 8.81. The van der Waals surface area contributed by atoms with Crippen LogP contribution in [0.3, 0.4) is 0 Å². The lowest BCUT2D eigenvalue weighted by Crippen LogP contribution is -2.20. The summed E-state index contributed by atoms with van der Waals surface area (Å²) in [4.78, 5) is 12.5. The second-order valence-electron chi connectivity index (χ2n) is 5.94. The number of hydrogen-bond acceptors (Lipinski definition) is 3. The highest BCUT2D eigenvalue weighted by molar-refractivity contribution is 7.99. The van der Waals surface area contributed by atoms with E-state index in [1.54, 1.807) is 24.3 Å². The normalized spacial score (nSPS) is 11.0. The van der Waals surface area contributed by atoms with Crippen molar-refractivity contribution < 1.29 is 18.3 Å². The van der Waals surface area contributed by atoms with Crippen LogP contribution in [0.25, 0.3) is 0 Å². The molecule has 2 aromatic carbocycles.